The van der Waals surface area contributed by atoms with Gasteiger partial charge in [-0.25, -0.2) is 19.4 Å². The molecule has 45 heavy (non-hydrogen) atoms. The second-order valence-corrected chi connectivity index (χ2v) is 11.8. The first-order chi connectivity index (χ1) is 21.4. The van der Waals surface area contributed by atoms with Crippen molar-refractivity contribution in [3.8, 4) is 22.8 Å². The highest BCUT2D eigenvalue weighted by atomic mass is 35.5. The first-order valence-corrected chi connectivity index (χ1v) is 14.6. The molecule has 0 bridgehead atoms. The monoisotopic (exact) mass is 646 g/mol. The number of hydrogen-bond donors (Lipinski definition) is 1. The number of anilines is 2. The zero-order valence-electron chi connectivity index (χ0n) is 25.1. The summed E-state index contributed by atoms with van der Waals surface area (Å²) in [5, 5.41) is 18.7. The third kappa shape index (κ3) is 8.53. The predicted octanol–water partition coefficient (Wildman–Crippen LogP) is 5.36. The number of nitrogens with one attached hydrogen (secondary N) is 1. The van der Waals surface area contributed by atoms with Crippen LogP contribution in [0.3, 0.4) is 0 Å². The van der Waals surface area contributed by atoms with E-state index in [1.165, 1.54) is 6.33 Å². The maximum Gasteiger partial charge on any atom is 0.410 e. The zero-order chi connectivity index (χ0) is 32.1. The van der Waals surface area contributed by atoms with E-state index in [0.29, 0.717) is 48.8 Å². The van der Waals surface area contributed by atoms with E-state index in [1.54, 1.807) is 51.1 Å². The van der Waals surface area contributed by atoms with Crippen LogP contribution in [-0.2, 0) is 11.3 Å². The molecule has 1 atom stereocenters. The fourth-order valence-electron chi connectivity index (χ4n) is 4.68. The molecule has 0 saturated carbocycles. The molecule has 0 radical (unpaired) electrons. The van der Waals surface area contributed by atoms with Crippen LogP contribution in [-0.4, -0.2) is 82.4 Å². The van der Waals surface area contributed by atoms with Gasteiger partial charge < -0.3 is 24.4 Å². The summed E-state index contributed by atoms with van der Waals surface area (Å²) in [6.45, 7) is 5.52. The van der Waals surface area contributed by atoms with E-state index in [9.17, 15) is 13.6 Å². The van der Waals surface area contributed by atoms with E-state index in [1.807, 2.05) is 27.7 Å². The van der Waals surface area contributed by atoms with Crippen LogP contribution in [0.4, 0.5) is 25.2 Å². The maximum absolute atomic E-state index is 13.2. The molecule has 3 aromatic heterocycles. The van der Waals surface area contributed by atoms with Crippen molar-refractivity contribution in [3.63, 3.8) is 0 Å². The molecule has 4 aromatic rings. The van der Waals surface area contributed by atoms with Gasteiger partial charge in [0.05, 0.1) is 23.8 Å². The lowest BCUT2D eigenvalue weighted by Crippen LogP contribution is -2.42. The first-order valence-electron chi connectivity index (χ1n) is 14.2. The number of carbonyl (C=O) groups is 1. The third-order valence-electron chi connectivity index (χ3n) is 6.72. The summed E-state index contributed by atoms with van der Waals surface area (Å²) in [6.07, 6.45) is 6.69. The summed E-state index contributed by atoms with van der Waals surface area (Å²) in [5.74, 6) is 0.329. The predicted molar refractivity (Wildman–Crippen MR) is 159 cm³/mol. The van der Waals surface area contributed by atoms with Gasteiger partial charge in [-0.15, -0.1) is 10.2 Å². The second-order valence-electron chi connectivity index (χ2n) is 11.4. The molecule has 4 heterocycles. The lowest BCUT2D eigenvalue weighted by molar-refractivity contribution is -0.0529. The van der Waals surface area contributed by atoms with Gasteiger partial charge in [0.15, 0.2) is 0 Å². The summed E-state index contributed by atoms with van der Waals surface area (Å²) in [7, 11) is 0. The molecule has 1 saturated heterocycles. The fraction of sp³-hybridized carbons (Fsp3) is 0.464. The summed E-state index contributed by atoms with van der Waals surface area (Å²) in [5.41, 5.74) is 1.01. The van der Waals surface area contributed by atoms with Crippen molar-refractivity contribution < 1.29 is 27.8 Å². The number of alkyl halides is 2. The van der Waals surface area contributed by atoms with Gasteiger partial charge in [0, 0.05) is 31.0 Å². The van der Waals surface area contributed by atoms with Crippen LogP contribution in [0.1, 0.15) is 46.6 Å². The van der Waals surface area contributed by atoms with Crippen molar-refractivity contribution in [2.24, 2.45) is 0 Å². The fourth-order valence-corrected chi connectivity index (χ4v) is 4.84. The number of nitrogens with zero attached hydrogens (tertiary/aromatic N) is 9. The van der Waals surface area contributed by atoms with Crippen molar-refractivity contribution in [2.45, 2.75) is 71.4 Å². The van der Waals surface area contributed by atoms with Crippen molar-refractivity contribution >= 4 is 29.3 Å². The molecule has 1 fully saturated rings. The number of benzene rings is 1. The van der Waals surface area contributed by atoms with Crippen molar-refractivity contribution in [3.05, 3.63) is 48.1 Å². The lowest BCUT2D eigenvalue weighted by atomic mass is 10.1. The van der Waals surface area contributed by atoms with E-state index in [4.69, 9.17) is 21.1 Å². The minimum absolute atomic E-state index is 0.139. The van der Waals surface area contributed by atoms with E-state index in [0.717, 1.165) is 5.56 Å². The molecule has 0 unspecified atom stereocenters. The Kier molecular flexibility index (Phi) is 9.60. The number of ether oxygens (including phenoxy) is 3. The summed E-state index contributed by atoms with van der Waals surface area (Å²) in [4.78, 5) is 22.8. The van der Waals surface area contributed by atoms with Gasteiger partial charge in [-0.05, 0) is 68.7 Å². The van der Waals surface area contributed by atoms with Crippen LogP contribution >= 0.6 is 11.6 Å². The molecular weight excluding hydrogens is 614 g/mol. The summed E-state index contributed by atoms with van der Waals surface area (Å²) >= 11 is 6.37. The number of likely N-dealkylation sites (tertiary alicyclic amines) is 1. The molecule has 14 nitrogen and oxygen atoms in total. The highest BCUT2D eigenvalue weighted by molar-refractivity contribution is 6.32. The van der Waals surface area contributed by atoms with Gasteiger partial charge in [0.2, 0.25) is 5.95 Å². The number of carbonyl (C=O) groups excluding carboxylic acids is 1. The minimum atomic E-state index is -3.08. The quantitative estimate of drug-likeness (QED) is 0.237. The molecule has 240 valence electrons. The molecule has 0 aliphatic carbocycles. The summed E-state index contributed by atoms with van der Waals surface area (Å²) in [6, 6.07) is 5.15. The van der Waals surface area contributed by atoms with Crippen molar-refractivity contribution in [2.75, 3.05) is 18.4 Å². The number of amides is 1. The molecule has 1 amide bonds. The smallest absolute Gasteiger partial charge is 0.410 e. The number of piperidine rings is 1. The number of halogens is 3. The summed E-state index contributed by atoms with van der Waals surface area (Å²) < 4.78 is 45.7. The number of hydrogen-bond acceptors (Lipinski definition) is 11. The molecular formula is C28H33ClF2N10O4. The van der Waals surface area contributed by atoms with Gasteiger partial charge in [-0.2, -0.15) is 8.78 Å². The Morgan fingerprint density at radius 2 is 1.87 bits per heavy atom. The van der Waals surface area contributed by atoms with Gasteiger partial charge in [0.25, 0.3) is 5.88 Å². The Balaban J connectivity index is 1.25. The largest absolute Gasteiger partial charge is 0.487 e. The van der Waals surface area contributed by atoms with Gasteiger partial charge >= 0.3 is 12.7 Å². The zero-order valence-corrected chi connectivity index (χ0v) is 25.9. The Labute approximate surface area is 262 Å². The number of rotatable bonds is 10. The van der Waals surface area contributed by atoms with Crippen LogP contribution in [0.2, 0.25) is 5.02 Å². The van der Waals surface area contributed by atoms with Crippen LogP contribution < -0.4 is 14.8 Å². The molecule has 1 N–H and O–H groups in total. The minimum Gasteiger partial charge on any atom is -0.487 e. The van der Waals surface area contributed by atoms with E-state index < -0.39 is 12.2 Å². The third-order valence-corrected chi connectivity index (χ3v) is 7.03. The lowest BCUT2D eigenvalue weighted by Gasteiger charge is -2.33. The van der Waals surface area contributed by atoms with E-state index in [2.05, 4.69) is 40.6 Å². The molecule has 1 aliphatic heterocycles. The highest BCUT2D eigenvalue weighted by Crippen LogP contribution is 2.33. The van der Waals surface area contributed by atoms with Crippen molar-refractivity contribution in [1.29, 1.82) is 0 Å². The SMILES string of the molecule is C[C@@H](Cn1cnnn1)Oc1cc(-c2cnc(Nc3cn(C4CCN(C(=O)OC(C)(C)C)CC4)nc3OC(F)F)nc2)ccc1Cl. The second kappa shape index (κ2) is 13.6. The Morgan fingerprint density at radius 3 is 2.51 bits per heavy atom. The number of aromatic nitrogens is 8. The topological polar surface area (TPSA) is 147 Å². The van der Waals surface area contributed by atoms with E-state index in [-0.39, 0.29) is 35.8 Å². The Bertz CT molecular complexity index is 1570. The van der Waals surface area contributed by atoms with Gasteiger partial charge in [0.1, 0.15) is 29.5 Å². The molecule has 5 rings (SSSR count). The average Bonchev–Trinajstić information content (AvgIpc) is 3.63. The highest BCUT2D eigenvalue weighted by Gasteiger charge is 2.29. The standard InChI is InChI=1S/C28H33ClF2N10O4/c1-17(14-40-16-34-37-38-40)43-23-11-18(5-6-21(23)29)19-12-32-26(33-13-19)35-22-15-41(36-24(22)44-25(30)31)20-7-9-39(10-8-20)27(42)45-28(2,3)4/h5-6,11-13,15-17,20,25H,7-10,14H2,1-4H3,(H,32,33,35)/t17-/m0/s1. The van der Waals surface area contributed by atoms with Gasteiger partial charge in [-0.1, -0.05) is 17.7 Å². The molecule has 1 aliphatic rings. The Morgan fingerprint density at radius 1 is 1.13 bits per heavy atom. The molecule has 1 aromatic carbocycles. The van der Waals surface area contributed by atoms with Crippen LogP contribution in [0, 0.1) is 0 Å². The van der Waals surface area contributed by atoms with Crippen molar-refractivity contribution in [1.82, 2.24) is 44.9 Å². The van der Waals surface area contributed by atoms with Gasteiger partial charge in [-0.3, -0.25) is 4.68 Å². The number of tetrazole rings is 1. The van der Waals surface area contributed by atoms with E-state index >= 15 is 0 Å². The average molecular weight is 647 g/mol. The Hall–Kier alpha value is -4.60. The molecule has 17 heteroatoms. The van der Waals surface area contributed by atoms with Crippen LogP contribution in [0.15, 0.2) is 43.1 Å². The maximum atomic E-state index is 13.2. The van der Waals surface area contributed by atoms with Crippen LogP contribution in [0.5, 0.6) is 11.6 Å². The normalized spacial score (nSPS) is 14.8. The first kappa shape index (κ1) is 31.8. The van der Waals surface area contributed by atoms with Crippen LogP contribution in [0.25, 0.3) is 11.1 Å². The molecule has 0 spiro atoms.